The van der Waals surface area contributed by atoms with E-state index in [9.17, 15) is 4.79 Å². The first kappa shape index (κ1) is 13.7. The van der Waals surface area contributed by atoms with Gasteiger partial charge in [-0.05, 0) is 44.4 Å². The summed E-state index contributed by atoms with van der Waals surface area (Å²) in [6.45, 7) is 2.97. The van der Waals surface area contributed by atoms with E-state index < -0.39 is 0 Å². The van der Waals surface area contributed by atoms with Gasteiger partial charge in [-0.15, -0.1) is 0 Å². The molecule has 0 aliphatic carbocycles. The van der Waals surface area contributed by atoms with Crippen LogP contribution in [0.1, 0.15) is 36.5 Å². The second-order valence-electron chi connectivity index (χ2n) is 5.51. The van der Waals surface area contributed by atoms with Crippen LogP contribution in [0, 0.1) is 0 Å². The lowest BCUT2D eigenvalue weighted by Gasteiger charge is -2.34. The van der Waals surface area contributed by atoms with E-state index in [0.29, 0.717) is 17.3 Å². The fourth-order valence-electron chi connectivity index (χ4n) is 2.67. The van der Waals surface area contributed by atoms with Crippen LogP contribution in [0.25, 0.3) is 0 Å². The first-order valence-corrected chi connectivity index (χ1v) is 6.88. The molecule has 1 fully saturated rings. The highest BCUT2D eigenvalue weighted by atomic mass is 16.2. The van der Waals surface area contributed by atoms with E-state index in [1.165, 1.54) is 6.42 Å². The first-order chi connectivity index (χ1) is 9.00. The van der Waals surface area contributed by atoms with Crippen LogP contribution in [0.5, 0.6) is 0 Å². The Morgan fingerprint density at radius 1 is 1.37 bits per heavy atom. The van der Waals surface area contributed by atoms with E-state index in [1.807, 2.05) is 36.0 Å². The van der Waals surface area contributed by atoms with E-state index in [2.05, 4.69) is 6.92 Å². The summed E-state index contributed by atoms with van der Waals surface area (Å²) in [6.07, 6.45) is 3.39. The lowest BCUT2D eigenvalue weighted by Crippen LogP contribution is -2.42. The van der Waals surface area contributed by atoms with Gasteiger partial charge in [0.2, 0.25) is 0 Å². The zero-order chi connectivity index (χ0) is 14.0. The third kappa shape index (κ3) is 2.83. The van der Waals surface area contributed by atoms with Crippen molar-refractivity contribution in [2.45, 2.75) is 32.2 Å². The quantitative estimate of drug-likeness (QED) is 0.831. The number of likely N-dealkylation sites (tertiary alicyclic amines) is 1. The Balaban J connectivity index is 2.34. The van der Waals surface area contributed by atoms with Gasteiger partial charge in [0.05, 0.1) is 5.56 Å². The molecular formula is C15H23N3O. The molecule has 1 saturated heterocycles. The topological polar surface area (TPSA) is 49.6 Å². The van der Waals surface area contributed by atoms with Crippen LogP contribution < -0.4 is 10.6 Å². The van der Waals surface area contributed by atoms with Crippen LogP contribution in [-0.4, -0.2) is 37.5 Å². The first-order valence-electron chi connectivity index (χ1n) is 6.88. The molecule has 1 aliphatic rings. The number of nitrogen functional groups attached to an aromatic ring is 1. The van der Waals surface area contributed by atoms with Gasteiger partial charge in [-0.1, -0.05) is 0 Å². The Labute approximate surface area is 115 Å². The van der Waals surface area contributed by atoms with Gasteiger partial charge >= 0.3 is 0 Å². The molecule has 1 heterocycles. The predicted molar refractivity (Wildman–Crippen MR) is 79.5 cm³/mol. The lowest BCUT2D eigenvalue weighted by molar-refractivity contribution is 0.0636. The van der Waals surface area contributed by atoms with Gasteiger partial charge in [-0.25, -0.2) is 0 Å². The minimum atomic E-state index is 0.100. The molecule has 0 aromatic heterocycles. The summed E-state index contributed by atoms with van der Waals surface area (Å²) >= 11 is 0. The molecule has 2 N–H and O–H groups in total. The highest BCUT2D eigenvalue weighted by Crippen LogP contribution is 2.26. The van der Waals surface area contributed by atoms with Crippen LogP contribution in [0.2, 0.25) is 0 Å². The van der Waals surface area contributed by atoms with E-state index in [0.717, 1.165) is 25.1 Å². The van der Waals surface area contributed by atoms with Crippen molar-refractivity contribution in [1.29, 1.82) is 0 Å². The molecule has 0 radical (unpaired) electrons. The van der Waals surface area contributed by atoms with Gasteiger partial charge in [0.1, 0.15) is 0 Å². The number of benzene rings is 1. The summed E-state index contributed by atoms with van der Waals surface area (Å²) < 4.78 is 0. The molecule has 0 spiro atoms. The van der Waals surface area contributed by atoms with Crippen molar-refractivity contribution in [3.63, 3.8) is 0 Å². The molecule has 1 atom stereocenters. The minimum Gasteiger partial charge on any atom is -0.399 e. The monoisotopic (exact) mass is 261 g/mol. The molecule has 2 rings (SSSR count). The van der Waals surface area contributed by atoms with Crippen molar-refractivity contribution in [2.75, 3.05) is 31.3 Å². The summed E-state index contributed by atoms with van der Waals surface area (Å²) in [4.78, 5) is 16.7. The standard InChI is InChI=1S/C15H23N3O/c1-11-6-4-5-9-18(11)15(19)13-10-12(16)7-8-14(13)17(2)3/h7-8,10-11H,4-6,9,16H2,1-3H3/t11-/m0/s1. The molecule has 1 aromatic carbocycles. The third-order valence-electron chi connectivity index (χ3n) is 3.80. The number of nitrogens with zero attached hydrogens (tertiary/aromatic N) is 2. The average molecular weight is 261 g/mol. The molecule has 1 amide bonds. The molecule has 4 heteroatoms. The van der Waals surface area contributed by atoms with Crippen LogP contribution in [0.4, 0.5) is 11.4 Å². The van der Waals surface area contributed by atoms with Gasteiger partial charge in [-0.3, -0.25) is 4.79 Å². The van der Waals surface area contributed by atoms with Gasteiger partial charge < -0.3 is 15.5 Å². The minimum absolute atomic E-state index is 0.100. The van der Waals surface area contributed by atoms with Crippen molar-refractivity contribution >= 4 is 17.3 Å². The number of hydrogen-bond donors (Lipinski definition) is 1. The van der Waals surface area contributed by atoms with E-state index >= 15 is 0 Å². The summed E-state index contributed by atoms with van der Waals surface area (Å²) in [7, 11) is 3.89. The van der Waals surface area contributed by atoms with Crippen molar-refractivity contribution in [3.8, 4) is 0 Å². The molecule has 1 aliphatic heterocycles. The smallest absolute Gasteiger partial charge is 0.256 e. The summed E-state index contributed by atoms with van der Waals surface area (Å²) in [5, 5.41) is 0. The molecule has 104 valence electrons. The van der Waals surface area contributed by atoms with Crippen molar-refractivity contribution in [1.82, 2.24) is 4.90 Å². The summed E-state index contributed by atoms with van der Waals surface area (Å²) in [5.74, 6) is 0.100. The zero-order valence-corrected chi connectivity index (χ0v) is 12.0. The average Bonchev–Trinajstić information content (AvgIpc) is 2.38. The van der Waals surface area contributed by atoms with Crippen molar-refractivity contribution < 1.29 is 4.79 Å². The summed E-state index contributed by atoms with van der Waals surface area (Å²) in [5.41, 5.74) is 8.11. The van der Waals surface area contributed by atoms with Gasteiger partial charge in [-0.2, -0.15) is 0 Å². The lowest BCUT2D eigenvalue weighted by atomic mass is 10.0. The van der Waals surface area contributed by atoms with Crippen LogP contribution in [0.15, 0.2) is 18.2 Å². The Bertz CT molecular complexity index is 470. The van der Waals surface area contributed by atoms with Crippen LogP contribution in [-0.2, 0) is 0 Å². The van der Waals surface area contributed by atoms with E-state index in [4.69, 9.17) is 5.73 Å². The number of anilines is 2. The maximum absolute atomic E-state index is 12.7. The van der Waals surface area contributed by atoms with E-state index in [1.54, 1.807) is 6.07 Å². The fraction of sp³-hybridized carbons (Fsp3) is 0.533. The Hall–Kier alpha value is -1.71. The normalized spacial score (nSPS) is 19.3. The van der Waals surface area contributed by atoms with E-state index in [-0.39, 0.29) is 5.91 Å². The van der Waals surface area contributed by atoms with Crippen LogP contribution >= 0.6 is 0 Å². The Morgan fingerprint density at radius 3 is 2.74 bits per heavy atom. The molecule has 0 bridgehead atoms. The third-order valence-corrected chi connectivity index (χ3v) is 3.80. The predicted octanol–water partition coefficient (Wildman–Crippen LogP) is 2.35. The highest BCUT2D eigenvalue weighted by Gasteiger charge is 2.26. The molecule has 4 nitrogen and oxygen atoms in total. The van der Waals surface area contributed by atoms with Crippen LogP contribution in [0.3, 0.4) is 0 Å². The molecule has 19 heavy (non-hydrogen) atoms. The number of carbonyl (C=O) groups excluding carboxylic acids is 1. The molecule has 0 unspecified atom stereocenters. The summed E-state index contributed by atoms with van der Waals surface area (Å²) in [6, 6.07) is 5.86. The van der Waals surface area contributed by atoms with Gasteiger partial charge in [0, 0.05) is 38.1 Å². The number of nitrogens with two attached hydrogens (primary N) is 1. The molecule has 1 aromatic rings. The zero-order valence-electron chi connectivity index (χ0n) is 12.0. The maximum Gasteiger partial charge on any atom is 0.256 e. The number of carbonyl (C=O) groups is 1. The van der Waals surface area contributed by atoms with Gasteiger partial charge in [0.15, 0.2) is 0 Å². The molecule has 0 saturated carbocycles. The van der Waals surface area contributed by atoms with Crippen molar-refractivity contribution in [2.24, 2.45) is 0 Å². The number of rotatable bonds is 2. The largest absolute Gasteiger partial charge is 0.399 e. The maximum atomic E-state index is 12.7. The SMILES string of the molecule is C[C@H]1CCCCN1C(=O)c1cc(N)ccc1N(C)C. The second kappa shape index (κ2) is 5.51. The Kier molecular flexibility index (Phi) is 3.98. The molecular weight excluding hydrogens is 238 g/mol. The van der Waals surface area contributed by atoms with Crippen molar-refractivity contribution in [3.05, 3.63) is 23.8 Å². The Morgan fingerprint density at radius 2 is 2.11 bits per heavy atom. The number of piperidine rings is 1. The van der Waals surface area contributed by atoms with Gasteiger partial charge in [0.25, 0.3) is 5.91 Å². The fourth-order valence-corrected chi connectivity index (χ4v) is 2.67. The second-order valence-corrected chi connectivity index (χ2v) is 5.51. The highest BCUT2D eigenvalue weighted by molar-refractivity contribution is 6.00. The number of amides is 1. The number of hydrogen-bond acceptors (Lipinski definition) is 3.